The fourth-order valence-corrected chi connectivity index (χ4v) is 2.10. The zero-order valence-electron chi connectivity index (χ0n) is 7.26. The molecular weight excluding hydrogens is 186 g/mol. The topological polar surface area (TPSA) is 46.2 Å². The summed E-state index contributed by atoms with van der Waals surface area (Å²) in [7, 11) is 0. The van der Waals surface area contributed by atoms with Gasteiger partial charge in [-0.05, 0) is 42.5 Å². The van der Waals surface area contributed by atoms with Crippen LogP contribution in [-0.2, 0) is 12.8 Å². The maximum Gasteiger partial charge on any atom is 0.119 e. The Bertz CT molecular complexity index is 338. The first-order valence-electron chi connectivity index (χ1n) is 4.43. The van der Waals surface area contributed by atoms with E-state index in [1.807, 2.05) is 0 Å². The Morgan fingerprint density at radius 3 is 2.92 bits per heavy atom. The van der Waals surface area contributed by atoms with Crippen molar-refractivity contribution >= 4 is 11.6 Å². The van der Waals surface area contributed by atoms with Gasteiger partial charge in [0.2, 0.25) is 0 Å². The summed E-state index contributed by atoms with van der Waals surface area (Å²) >= 11 is 6.01. The zero-order chi connectivity index (χ0) is 9.42. The van der Waals surface area contributed by atoms with Crippen LogP contribution in [0.2, 0.25) is 5.02 Å². The van der Waals surface area contributed by atoms with Gasteiger partial charge in [-0.15, -0.1) is 0 Å². The number of hydrogen-bond acceptors (Lipinski definition) is 2. The highest BCUT2D eigenvalue weighted by atomic mass is 35.5. The summed E-state index contributed by atoms with van der Waals surface area (Å²) in [6.07, 6.45) is 2.55. The van der Waals surface area contributed by atoms with Crippen molar-refractivity contribution in [2.45, 2.75) is 25.3 Å². The molecule has 3 heteroatoms. The maximum absolute atomic E-state index is 9.57. The zero-order valence-corrected chi connectivity index (χ0v) is 8.01. The molecule has 0 radical (unpaired) electrons. The summed E-state index contributed by atoms with van der Waals surface area (Å²) in [6, 6.07) is 3.57. The van der Waals surface area contributed by atoms with Crippen LogP contribution in [0, 0.1) is 0 Å². The minimum Gasteiger partial charge on any atom is -0.508 e. The minimum absolute atomic E-state index is 0.187. The van der Waals surface area contributed by atoms with Gasteiger partial charge in [-0.25, -0.2) is 0 Å². The third-order valence-electron chi connectivity index (χ3n) is 2.58. The van der Waals surface area contributed by atoms with Crippen LogP contribution in [0.4, 0.5) is 0 Å². The summed E-state index contributed by atoms with van der Waals surface area (Å²) < 4.78 is 0. The molecule has 70 valence electrons. The SMILES string of the molecule is NC1CCc2c(O)ccc(Cl)c2C1. The molecule has 0 amide bonds. The highest BCUT2D eigenvalue weighted by molar-refractivity contribution is 6.31. The van der Waals surface area contributed by atoms with Gasteiger partial charge < -0.3 is 10.8 Å². The Morgan fingerprint density at radius 1 is 1.38 bits per heavy atom. The minimum atomic E-state index is 0.187. The lowest BCUT2D eigenvalue weighted by atomic mass is 9.88. The second-order valence-corrected chi connectivity index (χ2v) is 3.93. The average Bonchev–Trinajstić information content (AvgIpc) is 2.12. The van der Waals surface area contributed by atoms with E-state index in [9.17, 15) is 5.11 Å². The van der Waals surface area contributed by atoms with E-state index in [-0.39, 0.29) is 6.04 Å². The van der Waals surface area contributed by atoms with Gasteiger partial charge in [-0.2, -0.15) is 0 Å². The second kappa shape index (κ2) is 3.20. The van der Waals surface area contributed by atoms with E-state index in [1.165, 1.54) is 0 Å². The predicted molar refractivity (Wildman–Crippen MR) is 53.1 cm³/mol. The van der Waals surface area contributed by atoms with Gasteiger partial charge in [0.25, 0.3) is 0 Å². The largest absolute Gasteiger partial charge is 0.508 e. The molecule has 1 unspecified atom stereocenters. The van der Waals surface area contributed by atoms with Crippen LogP contribution in [0.1, 0.15) is 17.5 Å². The average molecular weight is 198 g/mol. The monoisotopic (exact) mass is 197 g/mol. The van der Waals surface area contributed by atoms with E-state index < -0.39 is 0 Å². The van der Waals surface area contributed by atoms with Gasteiger partial charge >= 0.3 is 0 Å². The molecule has 13 heavy (non-hydrogen) atoms. The lowest BCUT2D eigenvalue weighted by molar-refractivity contribution is 0.457. The maximum atomic E-state index is 9.57. The third kappa shape index (κ3) is 1.52. The molecule has 1 aliphatic rings. The molecular formula is C10H12ClNO. The molecule has 2 nitrogen and oxygen atoms in total. The number of benzene rings is 1. The van der Waals surface area contributed by atoms with Crippen molar-refractivity contribution in [2.75, 3.05) is 0 Å². The van der Waals surface area contributed by atoms with Gasteiger partial charge in [0, 0.05) is 11.1 Å². The van der Waals surface area contributed by atoms with E-state index in [0.29, 0.717) is 5.75 Å². The number of rotatable bonds is 0. The highest BCUT2D eigenvalue weighted by Gasteiger charge is 2.20. The van der Waals surface area contributed by atoms with Crippen LogP contribution in [0.15, 0.2) is 12.1 Å². The van der Waals surface area contributed by atoms with Crippen molar-refractivity contribution in [1.82, 2.24) is 0 Å². The van der Waals surface area contributed by atoms with Gasteiger partial charge in [0.05, 0.1) is 0 Å². The number of phenols is 1. The Morgan fingerprint density at radius 2 is 2.15 bits per heavy atom. The van der Waals surface area contributed by atoms with Gasteiger partial charge in [0.15, 0.2) is 0 Å². The van der Waals surface area contributed by atoms with E-state index >= 15 is 0 Å². The molecule has 0 aromatic heterocycles. The van der Waals surface area contributed by atoms with Crippen LogP contribution in [0.5, 0.6) is 5.75 Å². The quantitative estimate of drug-likeness (QED) is 0.667. The van der Waals surface area contributed by atoms with Crippen molar-refractivity contribution in [3.8, 4) is 5.75 Å². The first-order valence-corrected chi connectivity index (χ1v) is 4.81. The molecule has 0 saturated carbocycles. The molecule has 1 aliphatic carbocycles. The smallest absolute Gasteiger partial charge is 0.119 e. The summed E-state index contributed by atoms with van der Waals surface area (Å²) in [5.41, 5.74) is 7.84. The molecule has 0 spiro atoms. The van der Waals surface area contributed by atoms with E-state index in [4.69, 9.17) is 17.3 Å². The van der Waals surface area contributed by atoms with Crippen molar-refractivity contribution in [3.63, 3.8) is 0 Å². The Kier molecular flexibility index (Phi) is 2.18. The lowest BCUT2D eigenvalue weighted by Crippen LogP contribution is -2.28. The van der Waals surface area contributed by atoms with Crippen LogP contribution in [-0.4, -0.2) is 11.1 Å². The predicted octanol–water partition coefficient (Wildman–Crippen LogP) is 1.86. The van der Waals surface area contributed by atoms with Crippen molar-refractivity contribution in [3.05, 3.63) is 28.3 Å². The van der Waals surface area contributed by atoms with Crippen LogP contribution in [0.3, 0.4) is 0 Å². The van der Waals surface area contributed by atoms with E-state index in [1.54, 1.807) is 12.1 Å². The highest BCUT2D eigenvalue weighted by Crippen LogP contribution is 2.33. The van der Waals surface area contributed by atoms with Crippen molar-refractivity contribution in [1.29, 1.82) is 0 Å². The number of phenolic OH excluding ortho intramolecular Hbond substituents is 1. The third-order valence-corrected chi connectivity index (χ3v) is 2.93. The Balaban J connectivity index is 2.51. The summed E-state index contributed by atoms with van der Waals surface area (Å²) in [4.78, 5) is 0. The summed E-state index contributed by atoms with van der Waals surface area (Å²) in [6.45, 7) is 0. The molecule has 1 atom stereocenters. The Hall–Kier alpha value is -0.730. The molecule has 0 saturated heterocycles. The number of hydrogen-bond donors (Lipinski definition) is 2. The fourth-order valence-electron chi connectivity index (χ4n) is 1.85. The first kappa shape index (κ1) is 8.85. The molecule has 0 heterocycles. The van der Waals surface area contributed by atoms with Gasteiger partial charge in [-0.3, -0.25) is 0 Å². The second-order valence-electron chi connectivity index (χ2n) is 3.53. The van der Waals surface area contributed by atoms with Crippen molar-refractivity contribution < 1.29 is 5.11 Å². The number of nitrogens with two attached hydrogens (primary N) is 1. The van der Waals surface area contributed by atoms with Crippen LogP contribution >= 0.6 is 11.6 Å². The number of halogens is 1. The van der Waals surface area contributed by atoms with E-state index in [2.05, 4.69) is 0 Å². The summed E-state index contributed by atoms with van der Waals surface area (Å²) in [5, 5.41) is 10.3. The van der Waals surface area contributed by atoms with Crippen LogP contribution < -0.4 is 5.73 Å². The normalized spacial score (nSPS) is 21.2. The molecule has 2 rings (SSSR count). The fraction of sp³-hybridized carbons (Fsp3) is 0.400. The molecule has 1 aromatic rings. The lowest BCUT2D eigenvalue weighted by Gasteiger charge is -2.22. The molecule has 0 fully saturated rings. The standard InChI is InChI=1S/C10H12ClNO/c11-9-3-4-10(13)7-2-1-6(12)5-8(7)9/h3-4,6,13H,1-2,5,12H2. The molecule has 1 aromatic carbocycles. The summed E-state index contributed by atoms with van der Waals surface area (Å²) in [5.74, 6) is 0.353. The van der Waals surface area contributed by atoms with Gasteiger partial charge in [-0.1, -0.05) is 11.6 Å². The first-order chi connectivity index (χ1) is 6.18. The number of aromatic hydroxyl groups is 1. The molecule has 0 aliphatic heterocycles. The Labute approximate surface area is 82.3 Å². The van der Waals surface area contributed by atoms with Crippen LogP contribution in [0.25, 0.3) is 0 Å². The van der Waals surface area contributed by atoms with Gasteiger partial charge in [0.1, 0.15) is 5.75 Å². The molecule has 3 N–H and O–H groups in total. The number of fused-ring (bicyclic) bond motifs is 1. The van der Waals surface area contributed by atoms with E-state index in [0.717, 1.165) is 35.4 Å². The van der Waals surface area contributed by atoms with Crippen molar-refractivity contribution in [2.24, 2.45) is 5.73 Å². The molecule has 0 bridgehead atoms.